The molecule has 0 amide bonds. The topological polar surface area (TPSA) is 80.7 Å². The molecule has 0 saturated carbocycles. The molecular weight excluding hydrogens is 188 g/mol. The Morgan fingerprint density at radius 3 is 2.87 bits per heavy atom. The van der Waals surface area contributed by atoms with Crippen molar-refractivity contribution >= 4 is 11.0 Å². The Bertz CT molecular complexity index is 402. The molecule has 0 radical (unpaired) electrons. The maximum absolute atomic E-state index is 6.00. The molecular formula is C11H16N4. The quantitative estimate of drug-likeness (QED) is 0.702. The lowest BCUT2D eigenvalue weighted by atomic mass is 10.1. The first-order chi connectivity index (χ1) is 7.31. The molecule has 15 heavy (non-hydrogen) atoms. The van der Waals surface area contributed by atoms with Crippen LogP contribution in [0.5, 0.6) is 0 Å². The number of H-pyrrole nitrogens is 1. The van der Waals surface area contributed by atoms with Crippen molar-refractivity contribution in [3.8, 4) is 0 Å². The fourth-order valence-corrected chi connectivity index (χ4v) is 1.62. The van der Waals surface area contributed by atoms with Gasteiger partial charge in [0.1, 0.15) is 5.82 Å². The average molecular weight is 204 g/mol. The standard InChI is InChI=1S/C11H16N4/c12-7-3-4-8(13)11-14-9-5-1-2-6-10(9)15-11/h1-2,5-6,8H,3-4,7,12-13H2,(H,14,15). The number of nitrogens with zero attached hydrogens (tertiary/aromatic N) is 1. The third-order valence-electron chi connectivity index (χ3n) is 2.48. The normalized spacial score (nSPS) is 13.2. The molecule has 0 aliphatic heterocycles. The summed E-state index contributed by atoms with van der Waals surface area (Å²) < 4.78 is 0. The van der Waals surface area contributed by atoms with Gasteiger partial charge in [0.05, 0.1) is 17.1 Å². The van der Waals surface area contributed by atoms with Crippen LogP contribution in [0.3, 0.4) is 0 Å². The SMILES string of the molecule is NCCCC(N)c1nc2ccccc2[nH]1. The van der Waals surface area contributed by atoms with E-state index < -0.39 is 0 Å². The van der Waals surface area contributed by atoms with Crippen LogP contribution in [0.15, 0.2) is 24.3 Å². The first-order valence-electron chi connectivity index (χ1n) is 5.21. The minimum atomic E-state index is -0.0408. The number of hydrogen-bond donors (Lipinski definition) is 3. The van der Waals surface area contributed by atoms with Gasteiger partial charge in [0.15, 0.2) is 0 Å². The molecule has 0 fully saturated rings. The van der Waals surface area contributed by atoms with Crippen LogP contribution in [0.2, 0.25) is 0 Å². The molecule has 4 heteroatoms. The minimum Gasteiger partial charge on any atom is -0.341 e. The summed E-state index contributed by atoms with van der Waals surface area (Å²) in [4.78, 5) is 7.67. The average Bonchev–Trinajstić information content (AvgIpc) is 2.69. The van der Waals surface area contributed by atoms with Crippen LogP contribution < -0.4 is 11.5 Å². The van der Waals surface area contributed by atoms with Gasteiger partial charge in [0.25, 0.3) is 0 Å². The zero-order valence-corrected chi connectivity index (χ0v) is 8.61. The highest BCUT2D eigenvalue weighted by Crippen LogP contribution is 2.16. The number of aromatic amines is 1. The van der Waals surface area contributed by atoms with Crippen molar-refractivity contribution < 1.29 is 0 Å². The summed E-state index contributed by atoms with van der Waals surface area (Å²) >= 11 is 0. The van der Waals surface area contributed by atoms with E-state index in [4.69, 9.17) is 11.5 Å². The Labute approximate surface area is 88.7 Å². The summed E-state index contributed by atoms with van der Waals surface area (Å²) in [7, 11) is 0. The van der Waals surface area contributed by atoms with Crippen LogP contribution >= 0.6 is 0 Å². The van der Waals surface area contributed by atoms with E-state index in [1.807, 2.05) is 24.3 Å². The van der Waals surface area contributed by atoms with E-state index in [-0.39, 0.29) is 6.04 Å². The zero-order chi connectivity index (χ0) is 10.7. The highest BCUT2D eigenvalue weighted by Gasteiger charge is 2.09. The van der Waals surface area contributed by atoms with Crippen molar-refractivity contribution in [1.29, 1.82) is 0 Å². The smallest absolute Gasteiger partial charge is 0.124 e. The van der Waals surface area contributed by atoms with Crippen molar-refractivity contribution in [2.24, 2.45) is 11.5 Å². The maximum Gasteiger partial charge on any atom is 0.124 e. The second-order valence-electron chi connectivity index (χ2n) is 3.68. The molecule has 1 unspecified atom stereocenters. The van der Waals surface area contributed by atoms with Gasteiger partial charge < -0.3 is 16.5 Å². The molecule has 1 aromatic carbocycles. The predicted octanol–water partition coefficient (Wildman–Crippen LogP) is 1.30. The van der Waals surface area contributed by atoms with E-state index in [9.17, 15) is 0 Å². The van der Waals surface area contributed by atoms with Crippen molar-refractivity contribution in [3.63, 3.8) is 0 Å². The number of aromatic nitrogens is 2. The third kappa shape index (κ3) is 2.16. The van der Waals surface area contributed by atoms with Gasteiger partial charge in [-0.3, -0.25) is 0 Å². The number of fused-ring (bicyclic) bond motifs is 1. The third-order valence-corrected chi connectivity index (χ3v) is 2.48. The van der Waals surface area contributed by atoms with E-state index >= 15 is 0 Å². The molecule has 0 saturated heterocycles. The Morgan fingerprint density at radius 1 is 1.33 bits per heavy atom. The number of hydrogen-bond acceptors (Lipinski definition) is 3. The monoisotopic (exact) mass is 204 g/mol. The number of nitrogens with two attached hydrogens (primary N) is 2. The van der Waals surface area contributed by atoms with Gasteiger partial charge in [-0.1, -0.05) is 12.1 Å². The summed E-state index contributed by atoms with van der Waals surface area (Å²) in [5, 5.41) is 0. The molecule has 2 rings (SSSR count). The second-order valence-corrected chi connectivity index (χ2v) is 3.68. The Balaban J connectivity index is 2.20. The van der Waals surface area contributed by atoms with Gasteiger partial charge in [0.2, 0.25) is 0 Å². The molecule has 0 bridgehead atoms. The van der Waals surface area contributed by atoms with Gasteiger partial charge in [-0.15, -0.1) is 0 Å². The van der Waals surface area contributed by atoms with Gasteiger partial charge in [0, 0.05) is 0 Å². The van der Waals surface area contributed by atoms with Crippen LogP contribution in [0.1, 0.15) is 24.7 Å². The summed E-state index contributed by atoms with van der Waals surface area (Å²) in [6, 6.07) is 7.89. The van der Waals surface area contributed by atoms with Crippen LogP contribution in [0.4, 0.5) is 0 Å². The van der Waals surface area contributed by atoms with Crippen molar-refractivity contribution in [3.05, 3.63) is 30.1 Å². The Hall–Kier alpha value is -1.39. The molecule has 1 heterocycles. The highest BCUT2D eigenvalue weighted by atomic mass is 15.0. The summed E-state index contributed by atoms with van der Waals surface area (Å²) in [5.41, 5.74) is 13.4. The minimum absolute atomic E-state index is 0.0408. The first-order valence-corrected chi connectivity index (χ1v) is 5.21. The molecule has 2 aromatic rings. The van der Waals surface area contributed by atoms with Crippen molar-refractivity contribution in [2.45, 2.75) is 18.9 Å². The molecule has 5 N–H and O–H groups in total. The summed E-state index contributed by atoms with van der Waals surface area (Å²) in [5.74, 6) is 0.852. The fourth-order valence-electron chi connectivity index (χ4n) is 1.62. The number of rotatable bonds is 4. The number of benzene rings is 1. The Morgan fingerprint density at radius 2 is 2.13 bits per heavy atom. The van der Waals surface area contributed by atoms with Crippen molar-refractivity contribution in [1.82, 2.24) is 9.97 Å². The molecule has 0 aliphatic rings. The lowest BCUT2D eigenvalue weighted by Gasteiger charge is -2.06. The van der Waals surface area contributed by atoms with E-state index in [0.29, 0.717) is 6.54 Å². The van der Waals surface area contributed by atoms with Gasteiger partial charge in [-0.05, 0) is 31.5 Å². The zero-order valence-electron chi connectivity index (χ0n) is 8.61. The van der Waals surface area contributed by atoms with Gasteiger partial charge in [-0.2, -0.15) is 0 Å². The molecule has 1 atom stereocenters. The predicted molar refractivity (Wildman–Crippen MR) is 61.3 cm³/mol. The number of nitrogens with one attached hydrogen (secondary N) is 1. The van der Waals surface area contributed by atoms with Gasteiger partial charge >= 0.3 is 0 Å². The summed E-state index contributed by atoms with van der Waals surface area (Å²) in [6.07, 6.45) is 1.80. The maximum atomic E-state index is 6.00. The molecule has 4 nitrogen and oxygen atoms in total. The van der Waals surface area contributed by atoms with Crippen LogP contribution in [0.25, 0.3) is 11.0 Å². The first kappa shape index (κ1) is 10.1. The summed E-state index contributed by atoms with van der Waals surface area (Å²) in [6.45, 7) is 0.675. The second kappa shape index (κ2) is 4.42. The molecule has 0 spiro atoms. The molecule has 0 aliphatic carbocycles. The van der Waals surface area contributed by atoms with Crippen LogP contribution in [-0.2, 0) is 0 Å². The largest absolute Gasteiger partial charge is 0.341 e. The molecule has 1 aromatic heterocycles. The van der Waals surface area contributed by atoms with E-state index in [0.717, 1.165) is 29.7 Å². The van der Waals surface area contributed by atoms with Crippen LogP contribution in [0, 0.1) is 0 Å². The fraction of sp³-hybridized carbons (Fsp3) is 0.364. The highest BCUT2D eigenvalue weighted by molar-refractivity contribution is 5.74. The van der Waals surface area contributed by atoms with Crippen molar-refractivity contribution in [2.75, 3.05) is 6.54 Å². The Kier molecular flexibility index (Phi) is 2.99. The van der Waals surface area contributed by atoms with E-state index in [1.165, 1.54) is 0 Å². The lowest BCUT2D eigenvalue weighted by molar-refractivity contribution is 0.594. The number of imidazole rings is 1. The van der Waals surface area contributed by atoms with E-state index in [1.54, 1.807) is 0 Å². The number of para-hydroxylation sites is 2. The molecule has 80 valence electrons. The van der Waals surface area contributed by atoms with Gasteiger partial charge in [-0.25, -0.2) is 4.98 Å². The van der Waals surface area contributed by atoms with Crippen LogP contribution in [-0.4, -0.2) is 16.5 Å². The van der Waals surface area contributed by atoms with E-state index in [2.05, 4.69) is 9.97 Å². The lowest BCUT2D eigenvalue weighted by Crippen LogP contribution is -2.13.